The summed E-state index contributed by atoms with van der Waals surface area (Å²) in [7, 11) is 3.09. The van der Waals surface area contributed by atoms with Crippen LogP contribution in [-0.2, 0) is 0 Å². The molecule has 1 N–H and O–H groups in total. The number of pyridine rings is 1. The van der Waals surface area contributed by atoms with Gasteiger partial charge < -0.3 is 14.6 Å². The van der Waals surface area contributed by atoms with Crippen molar-refractivity contribution in [1.29, 1.82) is 0 Å². The average molecular weight is 315 g/mol. The van der Waals surface area contributed by atoms with Gasteiger partial charge in [0.2, 0.25) is 0 Å². The summed E-state index contributed by atoms with van der Waals surface area (Å²) in [5.41, 5.74) is 0.219. The standard InChI is InChI=1S/C13H12Cl2N2O3/c1-6-11(20-13(19)17(2)3)9-7(14)4-5-8(15)10(9)16-12(6)18/h4-5H,1-3H3,(H,16,18). The van der Waals surface area contributed by atoms with E-state index < -0.39 is 6.09 Å². The van der Waals surface area contributed by atoms with Crippen LogP contribution in [0.3, 0.4) is 0 Å². The van der Waals surface area contributed by atoms with Gasteiger partial charge in [-0.15, -0.1) is 0 Å². The number of ether oxygens (including phenoxy) is 1. The van der Waals surface area contributed by atoms with E-state index in [1.54, 1.807) is 33.2 Å². The van der Waals surface area contributed by atoms with E-state index in [2.05, 4.69) is 4.98 Å². The zero-order chi connectivity index (χ0) is 15.0. The van der Waals surface area contributed by atoms with Crippen molar-refractivity contribution in [1.82, 2.24) is 9.88 Å². The van der Waals surface area contributed by atoms with Crippen molar-refractivity contribution in [2.45, 2.75) is 6.92 Å². The molecule has 0 aliphatic rings. The summed E-state index contributed by atoms with van der Waals surface area (Å²) in [6.45, 7) is 1.55. The molecule has 1 aromatic carbocycles. The first-order valence-electron chi connectivity index (χ1n) is 5.72. The van der Waals surface area contributed by atoms with Crippen LogP contribution in [0.4, 0.5) is 4.79 Å². The van der Waals surface area contributed by atoms with Crippen molar-refractivity contribution in [2.24, 2.45) is 0 Å². The lowest BCUT2D eigenvalue weighted by atomic mass is 10.1. The molecule has 0 saturated carbocycles. The summed E-state index contributed by atoms with van der Waals surface area (Å²) in [4.78, 5) is 27.5. The van der Waals surface area contributed by atoms with Crippen LogP contribution in [0.1, 0.15) is 5.56 Å². The van der Waals surface area contributed by atoms with E-state index in [1.165, 1.54) is 4.90 Å². The van der Waals surface area contributed by atoms with E-state index >= 15 is 0 Å². The number of H-pyrrole nitrogens is 1. The molecule has 2 rings (SSSR count). The molecule has 1 amide bonds. The van der Waals surface area contributed by atoms with Crippen molar-refractivity contribution in [3.05, 3.63) is 38.1 Å². The van der Waals surface area contributed by atoms with Crippen LogP contribution >= 0.6 is 23.2 Å². The minimum Gasteiger partial charge on any atom is -0.409 e. The SMILES string of the molecule is Cc1c(OC(=O)N(C)C)c2c(Cl)ccc(Cl)c2[nH]c1=O. The number of halogens is 2. The van der Waals surface area contributed by atoms with Crippen molar-refractivity contribution in [3.8, 4) is 5.75 Å². The maximum atomic E-state index is 11.9. The van der Waals surface area contributed by atoms with Gasteiger partial charge in [0.15, 0.2) is 5.75 Å². The zero-order valence-corrected chi connectivity index (χ0v) is 12.6. The van der Waals surface area contributed by atoms with Gasteiger partial charge in [-0.3, -0.25) is 4.79 Å². The number of hydrogen-bond acceptors (Lipinski definition) is 3. The van der Waals surface area contributed by atoms with Crippen molar-refractivity contribution in [3.63, 3.8) is 0 Å². The Morgan fingerprint density at radius 1 is 1.25 bits per heavy atom. The van der Waals surface area contributed by atoms with Crippen LogP contribution in [0, 0.1) is 6.92 Å². The second-order valence-corrected chi connectivity index (χ2v) is 5.26. The third-order valence-electron chi connectivity index (χ3n) is 2.80. The highest BCUT2D eigenvalue weighted by molar-refractivity contribution is 6.40. The molecule has 1 heterocycles. The lowest BCUT2D eigenvalue weighted by Crippen LogP contribution is -2.26. The number of hydrogen-bond donors (Lipinski definition) is 1. The number of carbonyl (C=O) groups is 1. The van der Waals surface area contributed by atoms with Crippen molar-refractivity contribution < 1.29 is 9.53 Å². The Hall–Kier alpha value is -1.72. The lowest BCUT2D eigenvalue weighted by molar-refractivity contribution is 0.172. The maximum absolute atomic E-state index is 11.9. The molecule has 0 unspecified atom stereocenters. The number of carbonyl (C=O) groups excluding carboxylic acids is 1. The van der Waals surface area contributed by atoms with Gasteiger partial charge in [-0.05, 0) is 19.1 Å². The smallest absolute Gasteiger partial charge is 0.409 e. The fourth-order valence-corrected chi connectivity index (χ4v) is 2.15. The third-order valence-corrected chi connectivity index (χ3v) is 3.43. The van der Waals surface area contributed by atoms with Gasteiger partial charge in [0.25, 0.3) is 5.56 Å². The summed E-state index contributed by atoms with van der Waals surface area (Å²) in [6, 6.07) is 3.14. The van der Waals surface area contributed by atoms with Crippen LogP contribution < -0.4 is 10.3 Å². The number of benzene rings is 1. The van der Waals surface area contributed by atoms with Crippen LogP contribution in [0.2, 0.25) is 10.0 Å². The first-order chi connectivity index (χ1) is 9.32. The highest BCUT2D eigenvalue weighted by atomic mass is 35.5. The average Bonchev–Trinajstić information content (AvgIpc) is 2.38. The van der Waals surface area contributed by atoms with Gasteiger partial charge in [0, 0.05) is 14.1 Å². The fourth-order valence-electron chi connectivity index (χ4n) is 1.70. The second kappa shape index (κ2) is 5.34. The normalized spacial score (nSPS) is 10.7. The molecule has 20 heavy (non-hydrogen) atoms. The molecule has 0 spiro atoms. The molecule has 0 fully saturated rings. The van der Waals surface area contributed by atoms with Crippen molar-refractivity contribution >= 4 is 40.2 Å². The molecule has 0 bridgehead atoms. The molecule has 0 aliphatic heterocycles. The number of amides is 1. The van der Waals surface area contributed by atoms with E-state index in [9.17, 15) is 9.59 Å². The molecule has 5 nitrogen and oxygen atoms in total. The number of nitrogens with one attached hydrogen (secondary N) is 1. The Labute approximate surface area is 125 Å². The Morgan fingerprint density at radius 2 is 1.85 bits per heavy atom. The summed E-state index contributed by atoms with van der Waals surface area (Å²) in [5, 5.41) is 1.07. The summed E-state index contributed by atoms with van der Waals surface area (Å²) in [5.74, 6) is 0.120. The second-order valence-electron chi connectivity index (χ2n) is 4.45. The number of nitrogens with zero attached hydrogens (tertiary/aromatic N) is 1. The molecular formula is C13H12Cl2N2O3. The van der Waals surface area contributed by atoms with Gasteiger partial charge in [0.1, 0.15) is 0 Å². The van der Waals surface area contributed by atoms with E-state index in [0.717, 1.165) is 0 Å². The Balaban J connectivity index is 2.80. The summed E-state index contributed by atoms with van der Waals surface area (Å²) >= 11 is 12.2. The van der Waals surface area contributed by atoms with Crippen LogP contribution in [-0.4, -0.2) is 30.1 Å². The Bertz CT molecular complexity index is 753. The topological polar surface area (TPSA) is 62.4 Å². The van der Waals surface area contributed by atoms with Gasteiger partial charge in [-0.1, -0.05) is 23.2 Å². The van der Waals surface area contributed by atoms with E-state index in [4.69, 9.17) is 27.9 Å². The predicted octanol–water partition coefficient (Wildman–Crippen LogP) is 3.20. The van der Waals surface area contributed by atoms with Crippen LogP contribution in [0.15, 0.2) is 16.9 Å². The quantitative estimate of drug-likeness (QED) is 0.879. The number of aromatic amines is 1. The minimum atomic E-state index is -0.601. The minimum absolute atomic E-state index is 0.120. The molecule has 7 heteroatoms. The Kier molecular flexibility index (Phi) is 3.92. The van der Waals surface area contributed by atoms with Gasteiger partial charge in [-0.2, -0.15) is 0 Å². The van der Waals surface area contributed by atoms with Gasteiger partial charge in [0.05, 0.1) is 26.5 Å². The van der Waals surface area contributed by atoms with Crippen LogP contribution in [0.25, 0.3) is 10.9 Å². The lowest BCUT2D eigenvalue weighted by Gasteiger charge is -2.15. The Morgan fingerprint density at radius 3 is 2.45 bits per heavy atom. The highest BCUT2D eigenvalue weighted by Gasteiger charge is 2.19. The number of rotatable bonds is 1. The summed E-state index contributed by atoms with van der Waals surface area (Å²) in [6.07, 6.45) is -0.601. The third kappa shape index (κ3) is 2.46. The number of fused-ring (bicyclic) bond motifs is 1. The monoisotopic (exact) mass is 314 g/mol. The largest absolute Gasteiger partial charge is 0.414 e. The number of aromatic nitrogens is 1. The first kappa shape index (κ1) is 14.7. The zero-order valence-electron chi connectivity index (χ0n) is 11.1. The molecule has 2 aromatic rings. The molecule has 1 aromatic heterocycles. The summed E-state index contributed by atoms with van der Waals surface area (Å²) < 4.78 is 5.26. The molecule has 106 valence electrons. The molecule has 0 aliphatic carbocycles. The molecule has 0 radical (unpaired) electrons. The van der Waals surface area contributed by atoms with Gasteiger partial charge in [-0.25, -0.2) is 4.79 Å². The fraction of sp³-hybridized carbons (Fsp3) is 0.231. The first-order valence-corrected chi connectivity index (χ1v) is 6.48. The molecular weight excluding hydrogens is 303 g/mol. The van der Waals surface area contributed by atoms with E-state index in [0.29, 0.717) is 20.9 Å². The van der Waals surface area contributed by atoms with E-state index in [-0.39, 0.29) is 16.9 Å². The maximum Gasteiger partial charge on any atom is 0.414 e. The predicted molar refractivity (Wildman–Crippen MR) is 79.0 cm³/mol. The van der Waals surface area contributed by atoms with Crippen LogP contribution in [0.5, 0.6) is 5.75 Å². The highest BCUT2D eigenvalue weighted by Crippen LogP contribution is 2.35. The van der Waals surface area contributed by atoms with Crippen molar-refractivity contribution in [2.75, 3.05) is 14.1 Å². The molecule has 0 saturated heterocycles. The molecule has 0 atom stereocenters. The van der Waals surface area contributed by atoms with E-state index in [1.807, 2.05) is 0 Å². The van der Waals surface area contributed by atoms with Gasteiger partial charge >= 0.3 is 6.09 Å².